The van der Waals surface area contributed by atoms with Crippen LogP contribution in [0.25, 0.3) is 0 Å². The van der Waals surface area contributed by atoms with Crippen LogP contribution < -0.4 is 4.90 Å². The van der Waals surface area contributed by atoms with Crippen LogP contribution in [0, 0.1) is 17.6 Å². The molecule has 1 fully saturated rings. The first-order valence-corrected chi connectivity index (χ1v) is 5.47. The van der Waals surface area contributed by atoms with Crippen LogP contribution in [0.1, 0.15) is 12.8 Å². The fraction of sp³-hybridized carbons (Fsp3) is 0.333. The summed E-state index contributed by atoms with van der Waals surface area (Å²) in [4.78, 5) is 23.6. The van der Waals surface area contributed by atoms with Gasteiger partial charge in [-0.1, -0.05) is 0 Å². The van der Waals surface area contributed by atoms with Gasteiger partial charge in [0.25, 0.3) is 0 Å². The Bertz CT molecular complexity index is 504. The molecule has 1 saturated heterocycles. The number of benzene rings is 1. The van der Waals surface area contributed by atoms with Crippen LogP contribution in [-0.2, 0) is 9.59 Å². The molecule has 4 nitrogen and oxygen atoms in total. The molecular weight excluding hydrogens is 244 g/mol. The van der Waals surface area contributed by atoms with Crippen molar-refractivity contribution in [3.05, 3.63) is 29.8 Å². The van der Waals surface area contributed by atoms with E-state index in [2.05, 4.69) is 0 Å². The molecule has 0 aliphatic carbocycles. The highest BCUT2D eigenvalue weighted by molar-refractivity contribution is 5.95. The number of carboxylic acids is 1. The van der Waals surface area contributed by atoms with Crippen molar-refractivity contribution in [2.45, 2.75) is 12.8 Å². The largest absolute Gasteiger partial charge is 0.481 e. The minimum atomic E-state index is -1.02. The van der Waals surface area contributed by atoms with Gasteiger partial charge in [-0.3, -0.25) is 9.59 Å². The standard InChI is InChI=1S/C12H11F2NO3/c13-8-2-3-10(9(14)5-8)15-6-7(12(17)18)1-4-11(15)16/h2-3,5,7H,1,4,6H2,(H,17,18). The van der Waals surface area contributed by atoms with Crippen molar-refractivity contribution in [2.75, 3.05) is 11.4 Å². The Morgan fingerprint density at radius 2 is 2.11 bits per heavy atom. The van der Waals surface area contributed by atoms with E-state index >= 15 is 0 Å². The summed E-state index contributed by atoms with van der Waals surface area (Å²) >= 11 is 0. The van der Waals surface area contributed by atoms with E-state index in [1.807, 2.05) is 0 Å². The molecule has 1 aromatic carbocycles. The molecule has 6 heteroatoms. The van der Waals surface area contributed by atoms with Crippen molar-refractivity contribution in [1.29, 1.82) is 0 Å². The first kappa shape index (κ1) is 12.5. The Balaban J connectivity index is 2.29. The van der Waals surface area contributed by atoms with Gasteiger partial charge in [-0.2, -0.15) is 0 Å². The van der Waals surface area contributed by atoms with Gasteiger partial charge in [0.05, 0.1) is 11.6 Å². The maximum atomic E-state index is 13.6. The number of nitrogens with zero attached hydrogens (tertiary/aromatic N) is 1. The Morgan fingerprint density at radius 1 is 1.39 bits per heavy atom. The SMILES string of the molecule is O=C(O)C1CCC(=O)N(c2ccc(F)cc2F)C1. The van der Waals surface area contributed by atoms with Gasteiger partial charge in [-0.15, -0.1) is 0 Å². The zero-order chi connectivity index (χ0) is 13.3. The van der Waals surface area contributed by atoms with Crippen LogP contribution in [0.2, 0.25) is 0 Å². The number of anilines is 1. The summed E-state index contributed by atoms with van der Waals surface area (Å²) in [5, 5.41) is 8.91. The molecule has 1 aliphatic rings. The van der Waals surface area contributed by atoms with Crippen LogP contribution in [0.3, 0.4) is 0 Å². The Hall–Kier alpha value is -1.98. The molecular formula is C12H11F2NO3. The number of hydrogen-bond acceptors (Lipinski definition) is 2. The molecule has 0 saturated carbocycles. The van der Waals surface area contributed by atoms with E-state index in [9.17, 15) is 18.4 Å². The number of carbonyl (C=O) groups excluding carboxylic acids is 1. The van der Waals surface area contributed by atoms with E-state index in [0.717, 1.165) is 17.0 Å². The molecule has 1 heterocycles. The predicted molar refractivity (Wildman–Crippen MR) is 59.1 cm³/mol. The summed E-state index contributed by atoms with van der Waals surface area (Å²) in [7, 11) is 0. The summed E-state index contributed by atoms with van der Waals surface area (Å²) in [6.45, 7) is -0.0866. The highest BCUT2D eigenvalue weighted by atomic mass is 19.1. The zero-order valence-corrected chi connectivity index (χ0v) is 9.40. The van der Waals surface area contributed by atoms with Crippen molar-refractivity contribution in [2.24, 2.45) is 5.92 Å². The highest BCUT2D eigenvalue weighted by Gasteiger charge is 2.32. The average molecular weight is 255 g/mol. The first-order chi connectivity index (χ1) is 8.49. The maximum Gasteiger partial charge on any atom is 0.308 e. The van der Waals surface area contributed by atoms with E-state index in [1.54, 1.807) is 0 Å². The minimum Gasteiger partial charge on any atom is -0.481 e. The predicted octanol–water partition coefficient (Wildman–Crippen LogP) is 1.79. The van der Waals surface area contributed by atoms with Crippen molar-refractivity contribution in [3.8, 4) is 0 Å². The van der Waals surface area contributed by atoms with E-state index in [1.165, 1.54) is 0 Å². The number of carbonyl (C=O) groups is 2. The maximum absolute atomic E-state index is 13.6. The molecule has 2 rings (SSSR count). The fourth-order valence-electron chi connectivity index (χ4n) is 1.98. The van der Waals surface area contributed by atoms with E-state index in [-0.39, 0.29) is 31.0 Å². The number of halogens is 2. The molecule has 1 N–H and O–H groups in total. The van der Waals surface area contributed by atoms with Crippen molar-refractivity contribution < 1.29 is 23.5 Å². The van der Waals surface area contributed by atoms with Crippen molar-refractivity contribution in [3.63, 3.8) is 0 Å². The second-order valence-corrected chi connectivity index (χ2v) is 4.17. The molecule has 1 aromatic rings. The number of hydrogen-bond donors (Lipinski definition) is 1. The third kappa shape index (κ3) is 2.32. The fourth-order valence-corrected chi connectivity index (χ4v) is 1.98. The summed E-state index contributed by atoms with van der Waals surface area (Å²) in [5.41, 5.74) is -0.0765. The summed E-state index contributed by atoms with van der Waals surface area (Å²) < 4.78 is 26.3. The van der Waals surface area contributed by atoms with E-state index in [0.29, 0.717) is 6.07 Å². The summed E-state index contributed by atoms with van der Waals surface area (Å²) in [5.74, 6) is -3.69. The number of aliphatic carboxylic acids is 1. The molecule has 18 heavy (non-hydrogen) atoms. The van der Waals surface area contributed by atoms with Crippen LogP contribution in [0.4, 0.5) is 14.5 Å². The molecule has 0 aromatic heterocycles. The summed E-state index contributed by atoms with van der Waals surface area (Å²) in [6, 6.07) is 2.86. The lowest BCUT2D eigenvalue weighted by Gasteiger charge is -2.30. The smallest absolute Gasteiger partial charge is 0.308 e. The van der Waals surface area contributed by atoms with Crippen LogP contribution in [0.15, 0.2) is 18.2 Å². The number of amides is 1. The highest BCUT2D eigenvalue weighted by Crippen LogP contribution is 2.27. The second kappa shape index (κ2) is 4.72. The van der Waals surface area contributed by atoms with E-state index in [4.69, 9.17) is 5.11 Å². The normalized spacial score (nSPS) is 20.0. The molecule has 0 radical (unpaired) electrons. The van der Waals surface area contributed by atoms with Gasteiger partial charge in [0, 0.05) is 19.0 Å². The van der Waals surface area contributed by atoms with Gasteiger partial charge < -0.3 is 10.0 Å². The molecule has 0 spiro atoms. The van der Waals surface area contributed by atoms with Gasteiger partial charge in [0.1, 0.15) is 11.6 Å². The van der Waals surface area contributed by atoms with Crippen LogP contribution in [-0.4, -0.2) is 23.5 Å². The third-order valence-electron chi connectivity index (χ3n) is 2.96. The van der Waals surface area contributed by atoms with Gasteiger partial charge in [0.15, 0.2) is 0 Å². The molecule has 1 aliphatic heterocycles. The first-order valence-electron chi connectivity index (χ1n) is 5.47. The lowest BCUT2D eigenvalue weighted by molar-refractivity contribution is -0.142. The lowest BCUT2D eigenvalue weighted by Crippen LogP contribution is -2.43. The Morgan fingerprint density at radius 3 is 2.72 bits per heavy atom. The average Bonchev–Trinajstić information content (AvgIpc) is 2.30. The molecule has 1 amide bonds. The number of rotatable bonds is 2. The summed E-state index contributed by atoms with van der Waals surface area (Å²) in [6.07, 6.45) is 0.293. The van der Waals surface area contributed by atoms with Gasteiger partial charge in [-0.25, -0.2) is 8.78 Å². The Labute approximate surface area is 102 Å². The van der Waals surface area contributed by atoms with Gasteiger partial charge in [-0.05, 0) is 18.6 Å². The molecule has 0 bridgehead atoms. The lowest BCUT2D eigenvalue weighted by atomic mass is 9.97. The zero-order valence-electron chi connectivity index (χ0n) is 9.40. The van der Waals surface area contributed by atoms with Crippen molar-refractivity contribution >= 4 is 17.6 Å². The quantitative estimate of drug-likeness (QED) is 0.876. The minimum absolute atomic E-state index is 0.0494. The van der Waals surface area contributed by atoms with Crippen LogP contribution in [0.5, 0.6) is 0 Å². The molecule has 1 unspecified atom stereocenters. The number of carboxylic acid groups (broad SMARTS) is 1. The molecule has 96 valence electrons. The second-order valence-electron chi connectivity index (χ2n) is 4.17. The number of piperidine rings is 1. The van der Waals surface area contributed by atoms with Crippen molar-refractivity contribution in [1.82, 2.24) is 0 Å². The Kier molecular flexibility index (Phi) is 3.27. The monoisotopic (exact) mass is 255 g/mol. The van der Waals surface area contributed by atoms with E-state index < -0.39 is 23.5 Å². The third-order valence-corrected chi connectivity index (χ3v) is 2.96. The van der Waals surface area contributed by atoms with Gasteiger partial charge in [0.2, 0.25) is 5.91 Å². The van der Waals surface area contributed by atoms with Gasteiger partial charge >= 0.3 is 5.97 Å². The topological polar surface area (TPSA) is 57.6 Å². The molecule has 1 atom stereocenters. The van der Waals surface area contributed by atoms with Crippen LogP contribution >= 0.6 is 0 Å².